The highest BCUT2D eigenvalue weighted by molar-refractivity contribution is 7.16. The second-order valence-corrected chi connectivity index (χ2v) is 6.47. The molecule has 0 radical (unpaired) electrons. The average Bonchev–Trinajstić information content (AvgIpc) is 3.06. The van der Waals surface area contributed by atoms with E-state index in [0.29, 0.717) is 21.6 Å². The number of anilines is 1. The van der Waals surface area contributed by atoms with Gasteiger partial charge < -0.3 is 10.0 Å². The van der Waals surface area contributed by atoms with Gasteiger partial charge in [0, 0.05) is 30.4 Å². The van der Waals surface area contributed by atoms with Gasteiger partial charge in [0.2, 0.25) is 0 Å². The van der Waals surface area contributed by atoms with E-state index < -0.39 is 0 Å². The van der Waals surface area contributed by atoms with E-state index >= 15 is 0 Å². The van der Waals surface area contributed by atoms with Gasteiger partial charge in [-0.2, -0.15) is 9.78 Å². The van der Waals surface area contributed by atoms with E-state index in [9.17, 15) is 9.90 Å². The largest absolute Gasteiger partial charge is 0.507 e. The van der Waals surface area contributed by atoms with E-state index in [1.165, 1.54) is 22.2 Å². The number of benzene rings is 1. The van der Waals surface area contributed by atoms with Gasteiger partial charge in [-0.15, -0.1) is 11.3 Å². The number of thiophene rings is 1. The first kappa shape index (κ1) is 17.2. The molecule has 2 heterocycles. The molecule has 2 aromatic heterocycles. The summed E-state index contributed by atoms with van der Waals surface area (Å²) >= 11 is 1.43. The minimum Gasteiger partial charge on any atom is -0.507 e. The SMILES string of the molecule is CCN(CC)c1ccc(/C=N/n2c(C)nc3sccc3c2=O)c(O)c1. The van der Waals surface area contributed by atoms with Gasteiger partial charge >= 0.3 is 0 Å². The van der Waals surface area contributed by atoms with Crippen molar-refractivity contribution in [1.29, 1.82) is 0 Å². The third-order valence-electron chi connectivity index (χ3n) is 4.09. The summed E-state index contributed by atoms with van der Waals surface area (Å²) in [5, 5.41) is 16.9. The second kappa shape index (κ2) is 7.06. The number of phenolic OH excluding ortho intramolecular Hbond substituents is 1. The molecular formula is C18H20N4O2S. The number of rotatable bonds is 5. The smallest absolute Gasteiger partial charge is 0.282 e. The molecule has 6 nitrogen and oxygen atoms in total. The maximum atomic E-state index is 12.5. The Morgan fingerprint density at radius 2 is 2.08 bits per heavy atom. The number of fused-ring (bicyclic) bond motifs is 1. The molecule has 0 fully saturated rings. The Bertz CT molecular complexity index is 986. The molecule has 0 spiro atoms. The number of hydrogen-bond donors (Lipinski definition) is 1. The Balaban J connectivity index is 1.96. The molecule has 7 heteroatoms. The van der Waals surface area contributed by atoms with Crippen molar-refractivity contribution in [3.8, 4) is 5.75 Å². The molecule has 0 aliphatic carbocycles. The summed E-state index contributed by atoms with van der Waals surface area (Å²) in [7, 11) is 0. The third kappa shape index (κ3) is 3.28. The van der Waals surface area contributed by atoms with E-state index in [1.54, 1.807) is 25.1 Å². The molecule has 25 heavy (non-hydrogen) atoms. The van der Waals surface area contributed by atoms with Crippen LogP contribution in [0.3, 0.4) is 0 Å². The molecule has 0 atom stereocenters. The van der Waals surface area contributed by atoms with Crippen LogP contribution in [0, 0.1) is 6.92 Å². The van der Waals surface area contributed by atoms with Gasteiger partial charge in [-0.25, -0.2) is 4.98 Å². The zero-order valence-corrected chi connectivity index (χ0v) is 15.2. The number of nitrogens with zero attached hydrogens (tertiary/aromatic N) is 4. The van der Waals surface area contributed by atoms with Crippen molar-refractivity contribution in [2.75, 3.05) is 18.0 Å². The van der Waals surface area contributed by atoms with Crippen LogP contribution in [-0.4, -0.2) is 34.1 Å². The monoisotopic (exact) mass is 356 g/mol. The van der Waals surface area contributed by atoms with Gasteiger partial charge in [0.1, 0.15) is 16.4 Å². The van der Waals surface area contributed by atoms with E-state index in [1.807, 2.05) is 11.4 Å². The van der Waals surface area contributed by atoms with Gasteiger partial charge in [0.25, 0.3) is 5.56 Å². The quantitative estimate of drug-likeness (QED) is 0.713. The molecule has 3 aromatic rings. The highest BCUT2D eigenvalue weighted by Crippen LogP contribution is 2.23. The first-order chi connectivity index (χ1) is 12.0. The van der Waals surface area contributed by atoms with E-state index in [-0.39, 0.29) is 11.3 Å². The molecule has 1 aromatic carbocycles. The summed E-state index contributed by atoms with van der Waals surface area (Å²) in [4.78, 5) is 19.7. The summed E-state index contributed by atoms with van der Waals surface area (Å²) in [5.74, 6) is 0.638. The van der Waals surface area contributed by atoms with Crippen LogP contribution in [0.1, 0.15) is 25.2 Å². The maximum absolute atomic E-state index is 12.5. The summed E-state index contributed by atoms with van der Waals surface area (Å²) in [6, 6.07) is 7.19. The van der Waals surface area contributed by atoms with Crippen LogP contribution in [0.5, 0.6) is 5.75 Å². The molecule has 0 amide bonds. The lowest BCUT2D eigenvalue weighted by molar-refractivity contribution is 0.474. The predicted octanol–water partition coefficient (Wildman–Crippen LogP) is 3.20. The fourth-order valence-electron chi connectivity index (χ4n) is 2.69. The first-order valence-corrected chi connectivity index (χ1v) is 9.02. The fourth-order valence-corrected chi connectivity index (χ4v) is 3.49. The number of phenols is 1. The Morgan fingerprint density at radius 3 is 2.76 bits per heavy atom. The topological polar surface area (TPSA) is 70.7 Å². The van der Waals surface area contributed by atoms with Gasteiger partial charge in [-0.3, -0.25) is 4.79 Å². The van der Waals surface area contributed by atoms with Crippen LogP contribution in [-0.2, 0) is 0 Å². The van der Waals surface area contributed by atoms with Gasteiger partial charge in [-0.05, 0) is 44.4 Å². The summed E-state index contributed by atoms with van der Waals surface area (Å²) in [6.07, 6.45) is 1.48. The minimum absolute atomic E-state index is 0.128. The van der Waals surface area contributed by atoms with Crippen molar-refractivity contribution in [3.05, 3.63) is 51.4 Å². The molecule has 0 bridgehead atoms. The lowest BCUT2D eigenvalue weighted by atomic mass is 10.2. The molecule has 3 rings (SSSR count). The number of hydrogen-bond acceptors (Lipinski definition) is 6. The van der Waals surface area contributed by atoms with E-state index in [0.717, 1.165) is 18.8 Å². The fraction of sp³-hybridized carbons (Fsp3) is 0.278. The van der Waals surface area contributed by atoms with Crippen LogP contribution in [0.2, 0.25) is 0 Å². The molecule has 0 unspecified atom stereocenters. The Kier molecular flexibility index (Phi) is 4.85. The number of aromatic hydroxyl groups is 1. The van der Waals surface area contributed by atoms with Crippen molar-refractivity contribution >= 4 is 33.5 Å². The molecule has 0 saturated heterocycles. The highest BCUT2D eigenvalue weighted by Gasteiger charge is 2.09. The Hall–Kier alpha value is -2.67. The van der Waals surface area contributed by atoms with Crippen molar-refractivity contribution in [3.63, 3.8) is 0 Å². The van der Waals surface area contributed by atoms with Gasteiger partial charge in [0.15, 0.2) is 0 Å². The Morgan fingerprint density at radius 1 is 1.32 bits per heavy atom. The lowest BCUT2D eigenvalue weighted by Crippen LogP contribution is -2.21. The molecule has 0 aliphatic rings. The number of aryl methyl sites for hydroxylation is 1. The van der Waals surface area contributed by atoms with Crippen LogP contribution in [0.4, 0.5) is 5.69 Å². The van der Waals surface area contributed by atoms with Gasteiger partial charge in [0.05, 0.1) is 11.6 Å². The average molecular weight is 356 g/mol. The Labute approximate surface area is 149 Å². The van der Waals surface area contributed by atoms with E-state index in [4.69, 9.17) is 0 Å². The van der Waals surface area contributed by atoms with Crippen molar-refractivity contribution < 1.29 is 5.11 Å². The normalized spacial score (nSPS) is 11.5. The van der Waals surface area contributed by atoms with Crippen LogP contribution < -0.4 is 10.5 Å². The summed E-state index contributed by atoms with van der Waals surface area (Å²) in [5.41, 5.74) is 1.29. The minimum atomic E-state index is -0.209. The molecule has 1 N–H and O–H groups in total. The maximum Gasteiger partial charge on any atom is 0.282 e. The second-order valence-electron chi connectivity index (χ2n) is 5.58. The molecular weight excluding hydrogens is 336 g/mol. The molecule has 0 saturated carbocycles. The lowest BCUT2D eigenvalue weighted by Gasteiger charge is -2.21. The standard InChI is InChI=1S/C18H20N4O2S/c1-4-21(5-2)14-7-6-13(16(23)10-14)11-19-22-12(3)20-17-15(18(22)24)8-9-25-17/h6-11,23H,4-5H2,1-3H3/b19-11+. The molecule has 0 aliphatic heterocycles. The van der Waals surface area contributed by atoms with Gasteiger partial charge in [-0.1, -0.05) is 0 Å². The van der Waals surface area contributed by atoms with Crippen LogP contribution in [0.15, 0.2) is 39.5 Å². The van der Waals surface area contributed by atoms with Crippen molar-refractivity contribution in [2.24, 2.45) is 5.10 Å². The van der Waals surface area contributed by atoms with Crippen LogP contribution >= 0.6 is 11.3 Å². The first-order valence-electron chi connectivity index (χ1n) is 8.14. The summed E-state index contributed by atoms with van der Waals surface area (Å²) in [6.45, 7) is 7.60. The zero-order valence-electron chi connectivity index (χ0n) is 14.4. The highest BCUT2D eigenvalue weighted by atomic mass is 32.1. The third-order valence-corrected chi connectivity index (χ3v) is 4.90. The molecule has 130 valence electrons. The van der Waals surface area contributed by atoms with E-state index in [2.05, 4.69) is 28.8 Å². The summed E-state index contributed by atoms with van der Waals surface area (Å²) < 4.78 is 1.26. The van der Waals surface area contributed by atoms with Crippen molar-refractivity contribution in [2.45, 2.75) is 20.8 Å². The predicted molar refractivity (Wildman–Crippen MR) is 103 cm³/mol. The van der Waals surface area contributed by atoms with Crippen molar-refractivity contribution in [1.82, 2.24) is 9.66 Å². The zero-order chi connectivity index (χ0) is 18.0. The van der Waals surface area contributed by atoms with Crippen LogP contribution in [0.25, 0.3) is 10.2 Å². The number of aromatic nitrogens is 2.